The summed E-state index contributed by atoms with van der Waals surface area (Å²) in [5, 5.41) is 8.72. The van der Waals surface area contributed by atoms with E-state index >= 15 is 0 Å². The molecule has 1 saturated heterocycles. The first-order valence-corrected chi connectivity index (χ1v) is 8.64. The number of aliphatic hydroxyl groups is 1. The van der Waals surface area contributed by atoms with Gasteiger partial charge in [-0.1, -0.05) is 0 Å². The second-order valence-corrected chi connectivity index (χ2v) is 5.97. The van der Waals surface area contributed by atoms with Crippen LogP contribution in [0, 0.1) is 0 Å². The molecular formula is C18H30N2O5. The van der Waals surface area contributed by atoms with Crippen LogP contribution < -0.4 is 14.2 Å². The molecule has 0 unspecified atom stereocenters. The van der Waals surface area contributed by atoms with Gasteiger partial charge in [-0.15, -0.1) is 0 Å². The first kappa shape index (κ1) is 19.8. The molecule has 0 saturated carbocycles. The molecule has 0 radical (unpaired) electrons. The van der Waals surface area contributed by atoms with E-state index < -0.39 is 0 Å². The molecule has 0 aromatic heterocycles. The first-order chi connectivity index (χ1) is 12.2. The highest BCUT2D eigenvalue weighted by molar-refractivity contribution is 5.50. The molecule has 2 rings (SSSR count). The Hall–Kier alpha value is -1.54. The molecule has 0 aliphatic carbocycles. The monoisotopic (exact) mass is 354 g/mol. The van der Waals surface area contributed by atoms with Gasteiger partial charge in [-0.3, -0.25) is 9.80 Å². The Morgan fingerprint density at radius 1 is 0.840 bits per heavy atom. The number of hydrogen-bond acceptors (Lipinski definition) is 7. The van der Waals surface area contributed by atoms with Crippen molar-refractivity contribution in [3.8, 4) is 17.2 Å². The predicted octanol–water partition coefficient (Wildman–Crippen LogP) is 0.839. The molecule has 0 bridgehead atoms. The Morgan fingerprint density at radius 3 is 2.04 bits per heavy atom. The number of benzene rings is 1. The second-order valence-electron chi connectivity index (χ2n) is 5.97. The van der Waals surface area contributed by atoms with E-state index in [2.05, 4.69) is 9.80 Å². The third kappa shape index (κ3) is 5.74. The van der Waals surface area contributed by atoms with Gasteiger partial charge in [0.1, 0.15) is 5.75 Å². The van der Waals surface area contributed by atoms with Gasteiger partial charge in [-0.05, 0) is 6.07 Å². The van der Waals surface area contributed by atoms with E-state index in [-0.39, 0.29) is 6.61 Å². The summed E-state index contributed by atoms with van der Waals surface area (Å²) in [6, 6.07) is 3.87. The fourth-order valence-corrected chi connectivity index (χ4v) is 2.99. The van der Waals surface area contributed by atoms with E-state index in [9.17, 15) is 0 Å². The Labute approximate surface area is 150 Å². The Bertz CT molecular complexity index is 518. The van der Waals surface area contributed by atoms with Gasteiger partial charge in [-0.2, -0.15) is 0 Å². The smallest absolute Gasteiger partial charge is 0.164 e. The zero-order valence-corrected chi connectivity index (χ0v) is 15.5. The molecule has 1 heterocycles. The Kier molecular flexibility index (Phi) is 8.27. The number of hydrogen-bond donors (Lipinski definition) is 1. The molecule has 1 N–H and O–H groups in total. The zero-order valence-electron chi connectivity index (χ0n) is 15.5. The maximum atomic E-state index is 8.72. The van der Waals surface area contributed by atoms with E-state index in [1.54, 1.807) is 21.3 Å². The van der Waals surface area contributed by atoms with Crippen LogP contribution in [-0.4, -0.2) is 88.8 Å². The average molecular weight is 354 g/mol. The predicted molar refractivity (Wildman–Crippen MR) is 95.7 cm³/mol. The van der Waals surface area contributed by atoms with Gasteiger partial charge in [0.2, 0.25) is 0 Å². The summed E-state index contributed by atoms with van der Waals surface area (Å²) in [4.78, 5) is 4.80. The highest BCUT2D eigenvalue weighted by Gasteiger charge is 2.19. The molecule has 142 valence electrons. The van der Waals surface area contributed by atoms with Crippen molar-refractivity contribution in [2.45, 2.75) is 6.54 Å². The molecule has 7 heteroatoms. The second kappa shape index (κ2) is 10.5. The molecule has 1 fully saturated rings. The molecule has 7 nitrogen and oxygen atoms in total. The van der Waals surface area contributed by atoms with Gasteiger partial charge >= 0.3 is 0 Å². The maximum Gasteiger partial charge on any atom is 0.164 e. The van der Waals surface area contributed by atoms with Crippen molar-refractivity contribution >= 4 is 0 Å². The number of rotatable bonds is 10. The largest absolute Gasteiger partial charge is 0.496 e. The highest BCUT2D eigenvalue weighted by atomic mass is 16.5. The topological polar surface area (TPSA) is 63.6 Å². The van der Waals surface area contributed by atoms with Crippen molar-refractivity contribution < 1.29 is 24.1 Å². The van der Waals surface area contributed by atoms with Gasteiger partial charge in [-0.25, -0.2) is 0 Å². The summed E-state index contributed by atoms with van der Waals surface area (Å²) < 4.78 is 21.6. The lowest BCUT2D eigenvalue weighted by molar-refractivity contribution is 0.0562. The summed E-state index contributed by atoms with van der Waals surface area (Å²) >= 11 is 0. The van der Waals surface area contributed by atoms with Crippen LogP contribution in [-0.2, 0) is 11.3 Å². The van der Waals surface area contributed by atoms with Crippen LogP contribution in [0.5, 0.6) is 17.2 Å². The number of piperazine rings is 1. The minimum Gasteiger partial charge on any atom is -0.496 e. The molecule has 0 atom stereocenters. The van der Waals surface area contributed by atoms with Crippen molar-refractivity contribution in [2.75, 3.05) is 73.9 Å². The number of aliphatic hydroxyl groups excluding tert-OH is 1. The van der Waals surface area contributed by atoms with Crippen LogP contribution >= 0.6 is 0 Å². The van der Waals surface area contributed by atoms with E-state index in [1.165, 1.54) is 0 Å². The molecule has 1 aromatic carbocycles. The van der Waals surface area contributed by atoms with E-state index in [1.807, 2.05) is 12.1 Å². The molecule has 0 amide bonds. The van der Waals surface area contributed by atoms with E-state index in [0.717, 1.165) is 56.3 Å². The zero-order chi connectivity index (χ0) is 18.1. The van der Waals surface area contributed by atoms with Crippen molar-refractivity contribution in [1.82, 2.24) is 9.80 Å². The summed E-state index contributed by atoms with van der Waals surface area (Å²) in [6.07, 6.45) is 0. The number of ether oxygens (including phenoxy) is 4. The first-order valence-electron chi connectivity index (χ1n) is 8.64. The lowest BCUT2D eigenvalue weighted by Gasteiger charge is -2.34. The van der Waals surface area contributed by atoms with Gasteiger partial charge in [0.15, 0.2) is 11.5 Å². The van der Waals surface area contributed by atoms with Crippen molar-refractivity contribution in [3.05, 3.63) is 17.7 Å². The van der Waals surface area contributed by atoms with Crippen LogP contribution in [0.15, 0.2) is 12.1 Å². The van der Waals surface area contributed by atoms with Crippen LogP contribution in [0.4, 0.5) is 0 Å². The van der Waals surface area contributed by atoms with E-state index in [0.29, 0.717) is 19.0 Å². The van der Waals surface area contributed by atoms with Crippen molar-refractivity contribution in [3.63, 3.8) is 0 Å². The van der Waals surface area contributed by atoms with Crippen molar-refractivity contribution in [2.24, 2.45) is 0 Å². The molecular weight excluding hydrogens is 324 g/mol. The summed E-state index contributed by atoms with van der Waals surface area (Å²) in [7, 11) is 4.95. The van der Waals surface area contributed by atoms with Crippen LogP contribution in [0.2, 0.25) is 0 Å². The van der Waals surface area contributed by atoms with Crippen LogP contribution in [0.25, 0.3) is 0 Å². The third-order valence-corrected chi connectivity index (χ3v) is 4.43. The quantitative estimate of drug-likeness (QED) is 0.625. The number of nitrogens with zero attached hydrogens (tertiary/aromatic N) is 2. The maximum absolute atomic E-state index is 8.72. The minimum atomic E-state index is 0.0843. The lowest BCUT2D eigenvalue weighted by atomic mass is 10.1. The van der Waals surface area contributed by atoms with E-state index in [4.69, 9.17) is 24.1 Å². The summed E-state index contributed by atoms with van der Waals surface area (Å²) in [6.45, 7) is 6.92. The van der Waals surface area contributed by atoms with Gasteiger partial charge in [0.05, 0.1) is 41.2 Å². The van der Waals surface area contributed by atoms with Gasteiger partial charge < -0.3 is 24.1 Å². The number of methoxy groups -OCH3 is 3. The fraction of sp³-hybridized carbons (Fsp3) is 0.667. The van der Waals surface area contributed by atoms with Gasteiger partial charge in [0, 0.05) is 50.9 Å². The standard InChI is InChI=1S/C18H30N2O5/c1-22-16-13-18(24-3)17(23-2)12-15(16)14-20-6-4-19(5-7-20)8-10-25-11-9-21/h12-13,21H,4-11,14H2,1-3H3. The van der Waals surface area contributed by atoms with Crippen LogP contribution in [0.1, 0.15) is 5.56 Å². The molecule has 1 aliphatic heterocycles. The summed E-state index contributed by atoms with van der Waals surface area (Å²) in [5.41, 5.74) is 1.10. The SMILES string of the molecule is COc1cc(OC)c(OC)cc1CN1CCN(CCOCCO)CC1. The third-order valence-electron chi connectivity index (χ3n) is 4.43. The molecule has 0 spiro atoms. The molecule has 25 heavy (non-hydrogen) atoms. The highest BCUT2D eigenvalue weighted by Crippen LogP contribution is 2.35. The summed E-state index contributed by atoms with van der Waals surface area (Å²) in [5.74, 6) is 2.21. The fourth-order valence-electron chi connectivity index (χ4n) is 2.99. The molecule has 1 aliphatic rings. The Morgan fingerprint density at radius 2 is 1.44 bits per heavy atom. The van der Waals surface area contributed by atoms with Crippen molar-refractivity contribution in [1.29, 1.82) is 0 Å². The average Bonchev–Trinajstić information content (AvgIpc) is 2.66. The Balaban J connectivity index is 1.88. The minimum absolute atomic E-state index is 0.0843. The molecule has 1 aromatic rings. The van der Waals surface area contributed by atoms with Gasteiger partial charge in [0.25, 0.3) is 0 Å². The normalized spacial score (nSPS) is 16.0. The van der Waals surface area contributed by atoms with Crippen LogP contribution in [0.3, 0.4) is 0 Å². The lowest BCUT2D eigenvalue weighted by Crippen LogP contribution is -2.46.